The molecular weight excluding hydrogens is 703 g/mol. The average molecular weight is 744 g/mol. The number of carbonyl (C=O) groups excluding carboxylic acids is 2. The van der Waals surface area contributed by atoms with Gasteiger partial charge in [-0.15, -0.1) is 0 Å². The minimum atomic E-state index is -0.669. The number of carbonyl (C=O) groups is 2. The molecule has 0 radical (unpaired) electrons. The molecule has 0 heterocycles. The van der Waals surface area contributed by atoms with Crippen molar-refractivity contribution in [2.24, 2.45) is 5.16 Å². The number of fused-ring (bicyclic) bond motifs is 2. The molecular formula is C51H41N3O3. The summed E-state index contributed by atoms with van der Waals surface area (Å²) in [5, 5.41) is 16.7. The van der Waals surface area contributed by atoms with Gasteiger partial charge in [-0.25, -0.2) is 0 Å². The number of Topliss-reactive ketones (excluding diaryl/α,β-unsaturated/α-hetero) is 2. The summed E-state index contributed by atoms with van der Waals surface area (Å²) in [4.78, 5) is 33.4. The standard InChI is InChI=1S/C51H41N3O3/c1-33-13-9-17-37(29-33)53(38-18-10-14-34(2)30-38)47-27-25-45(41-21-5-7-23-43(41)47)50(55)49(52-57)51(56)46-26-28-48(44-24-8-6-22-42(44)46)54(39-19-11-15-35(3)31-39)40-20-12-16-36(4)32-40/h5-32,57H,1-4H3. The van der Waals surface area contributed by atoms with E-state index in [1.807, 2.05) is 84.9 Å². The summed E-state index contributed by atoms with van der Waals surface area (Å²) in [5.74, 6) is -1.34. The quantitative estimate of drug-likeness (QED) is 0.0496. The molecule has 0 aliphatic rings. The number of hydrogen-bond donors (Lipinski definition) is 1. The topological polar surface area (TPSA) is 73.2 Å². The first-order valence-electron chi connectivity index (χ1n) is 18.9. The van der Waals surface area contributed by atoms with Crippen LogP contribution in [0.25, 0.3) is 21.5 Å². The largest absolute Gasteiger partial charge is 0.410 e. The lowest BCUT2D eigenvalue weighted by Crippen LogP contribution is -2.25. The van der Waals surface area contributed by atoms with Gasteiger partial charge < -0.3 is 15.0 Å². The van der Waals surface area contributed by atoms with E-state index in [-0.39, 0.29) is 11.1 Å². The lowest BCUT2D eigenvalue weighted by Gasteiger charge is -2.28. The van der Waals surface area contributed by atoms with Gasteiger partial charge in [0.1, 0.15) is 0 Å². The zero-order valence-electron chi connectivity index (χ0n) is 32.3. The van der Waals surface area contributed by atoms with Crippen LogP contribution in [0.2, 0.25) is 0 Å². The van der Waals surface area contributed by atoms with E-state index in [1.165, 1.54) is 0 Å². The van der Waals surface area contributed by atoms with E-state index in [0.717, 1.165) is 67.2 Å². The van der Waals surface area contributed by atoms with Crippen molar-refractivity contribution in [2.45, 2.75) is 27.7 Å². The van der Waals surface area contributed by atoms with Crippen LogP contribution in [0.15, 0.2) is 175 Å². The van der Waals surface area contributed by atoms with Gasteiger partial charge in [0.05, 0.1) is 11.4 Å². The van der Waals surface area contributed by atoms with Crippen LogP contribution >= 0.6 is 0 Å². The van der Waals surface area contributed by atoms with Gasteiger partial charge in [0.2, 0.25) is 11.6 Å². The summed E-state index contributed by atoms with van der Waals surface area (Å²) in [6.45, 7) is 8.24. The predicted octanol–water partition coefficient (Wildman–Crippen LogP) is 13.1. The fourth-order valence-corrected chi connectivity index (χ4v) is 7.72. The average Bonchev–Trinajstić information content (AvgIpc) is 3.21. The Bertz CT molecular complexity index is 2590. The third-order valence-electron chi connectivity index (χ3n) is 10.3. The van der Waals surface area contributed by atoms with E-state index >= 15 is 0 Å². The molecule has 0 atom stereocenters. The van der Waals surface area contributed by atoms with E-state index in [0.29, 0.717) is 10.8 Å². The Morgan fingerprint density at radius 2 is 0.719 bits per heavy atom. The molecule has 0 fully saturated rings. The first-order valence-corrected chi connectivity index (χ1v) is 18.9. The maximum absolute atomic E-state index is 14.5. The van der Waals surface area contributed by atoms with Gasteiger partial charge in [0.15, 0.2) is 5.71 Å². The van der Waals surface area contributed by atoms with E-state index < -0.39 is 17.3 Å². The van der Waals surface area contributed by atoms with E-state index in [9.17, 15) is 14.8 Å². The molecule has 8 aromatic carbocycles. The van der Waals surface area contributed by atoms with Crippen molar-refractivity contribution in [3.05, 3.63) is 203 Å². The second kappa shape index (κ2) is 15.4. The smallest absolute Gasteiger partial charge is 0.219 e. The van der Waals surface area contributed by atoms with Crippen molar-refractivity contribution >= 4 is 72.9 Å². The number of hydrogen-bond acceptors (Lipinski definition) is 6. The van der Waals surface area contributed by atoms with Crippen LogP contribution in [0.4, 0.5) is 34.1 Å². The number of rotatable bonds is 10. The number of oxime groups is 1. The number of anilines is 6. The van der Waals surface area contributed by atoms with Gasteiger partial charge in [-0.2, -0.15) is 0 Å². The fourth-order valence-electron chi connectivity index (χ4n) is 7.72. The monoisotopic (exact) mass is 743 g/mol. The molecule has 0 aliphatic heterocycles. The van der Waals surface area contributed by atoms with Crippen molar-refractivity contribution in [3.63, 3.8) is 0 Å². The molecule has 0 saturated carbocycles. The fraction of sp³-hybridized carbons (Fsp3) is 0.0784. The summed E-state index contributed by atoms with van der Waals surface area (Å²) < 4.78 is 0. The minimum Gasteiger partial charge on any atom is -0.410 e. The Morgan fingerprint density at radius 1 is 0.404 bits per heavy atom. The first-order chi connectivity index (χ1) is 27.7. The number of nitrogens with zero attached hydrogens (tertiary/aromatic N) is 3. The van der Waals surface area contributed by atoms with Crippen molar-refractivity contribution < 1.29 is 14.8 Å². The molecule has 0 saturated heterocycles. The van der Waals surface area contributed by atoms with Gasteiger partial charge in [-0.05, 0) is 134 Å². The summed E-state index contributed by atoms with van der Waals surface area (Å²) in [5.41, 5.74) is 10.0. The van der Waals surface area contributed by atoms with Crippen molar-refractivity contribution in [3.8, 4) is 0 Å². The van der Waals surface area contributed by atoms with Crippen LogP contribution in [-0.4, -0.2) is 22.5 Å². The molecule has 278 valence electrons. The molecule has 6 nitrogen and oxygen atoms in total. The second-order valence-electron chi connectivity index (χ2n) is 14.5. The molecule has 0 spiro atoms. The summed E-state index contributed by atoms with van der Waals surface area (Å²) in [6, 6.07) is 55.6. The first kappa shape index (κ1) is 36.7. The molecule has 0 bridgehead atoms. The van der Waals surface area contributed by atoms with Gasteiger partial charge in [-0.3, -0.25) is 9.59 Å². The number of benzene rings is 8. The highest BCUT2D eigenvalue weighted by Crippen LogP contribution is 2.42. The third-order valence-corrected chi connectivity index (χ3v) is 10.3. The highest BCUT2D eigenvalue weighted by molar-refractivity contribution is 6.73. The Hall–Kier alpha value is -7.31. The van der Waals surface area contributed by atoms with E-state index in [1.54, 1.807) is 12.1 Å². The normalized spacial score (nSPS) is 11.0. The van der Waals surface area contributed by atoms with Gasteiger partial charge in [0.25, 0.3) is 0 Å². The van der Waals surface area contributed by atoms with E-state index in [2.05, 4.69) is 115 Å². The molecule has 8 rings (SSSR count). The molecule has 8 aromatic rings. The molecule has 57 heavy (non-hydrogen) atoms. The summed E-state index contributed by atoms with van der Waals surface area (Å²) in [7, 11) is 0. The minimum absolute atomic E-state index is 0.259. The molecule has 0 aliphatic carbocycles. The maximum Gasteiger partial charge on any atom is 0.219 e. The van der Waals surface area contributed by atoms with Crippen LogP contribution in [0.3, 0.4) is 0 Å². The summed E-state index contributed by atoms with van der Waals surface area (Å²) >= 11 is 0. The second-order valence-corrected chi connectivity index (χ2v) is 14.5. The Morgan fingerprint density at radius 3 is 1.02 bits per heavy atom. The lowest BCUT2D eigenvalue weighted by molar-refractivity contribution is 0.101. The highest BCUT2D eigenvalue weighted by Gasteiger charge is 2.29. The van der Waals surface area contributed by atoms with Crippen molar-refractivity contribution in [1.82, 2.24) is 0 Å². The van der Waals surface area contributed by atoms with Crippen LogP contribution in [-0.2, 0) is 0 Å². The molecule has 0 aromatic heterocycles. The Kier molecular flexibility index (Phi) is 9.93. The van der Waals surface area contributed by atoms with Gasteiger partial charge in [-0.1, -0.05) is 102 Å². The van der Waals surface area contributed by atoms with Crippen LogP contribution in [0, 0.1) is 27.7 Å². The highest BCUT2D eigenvalue weighted by atomic mass is 16.4. The van der Waals surface area contributed by atoms with E-state index in [4.69, 9.17) is 0 Å². The third kappa shape index (κ3) is 7.05. The van der Waals surface area contributed by atoms with Crippen LogP contribution in [0.5, 0.6) is 0 Å². The van der Waals surface area contributed by atoms with Crippen LogP contribution < -0.4 is 9.80 Å². The SMILES string of the molecule is Cc1cccc(N(c2cccc(C)c2)c2ccc(C(=O)C(=NO)C(=O)c3ccc(N(c4cccc(C)c4)c4cccc(C)c4)c4ccccc34)c3ccccc23)c1. The molecule has 1 N–H and O–H groups in total. The maximum atomic E-state index is 14.5. The van der Waals surface area contributed by atoms with Crippen molar-refractivity contribution in [1.29, 1.82) is 0 Å². The number of aryl methyl sites for hydroxylation is 4. The zero-order chi connectivity index (χ0) is 39.6. The number of ketones is 2. The van der Waals surface area contributed by atoms with Crippen LogP contribution in [0.1, 0.15) is 43.0 Å². The lowest BCUT2D eigenvalue weighted by atomic mass is 9.91. The summed E-state index contributed by atoms with van der Waals surface area (Å²) in [6.07, 6.45) is 0. The predicted molar refractivity (Wildman–Crippen MR) is 234 cm³/mol. The Balaban J connectivity index is 1.22. The molecule has 0 unspecified atom stereocenters. The van der Waals surface area contributed by atoms with Crippen molar-refractivity contribution in [2.75, 3.05) is 9.80 Å². The van der Waals surface area contributed by atoms with Gasteiger partial charge in [0, 0.05) is 44.6 Å². The zero-order valence-corrected chi connectivity index (χ0v) is 32.3. The Labute approximate surface area is 332 Å². The molecule has 6 heteroatoms. The van der Waals surface area contributed by atoms with Gasteiger partial charge >= 0.3 is 0 Å². The molecule has 0 amide bonds.